The summed E-state index contributed by atoms with van der Waals surface area (Å²) in [7, 11) is 1.90. The number of benzene rings is 2. The van der Waals surface area contributed by atoms with Crippen LogP contribution in [0, 0.1) is 11.7 Å². The molecule has 4 heteroatoms. The Labute approximate surface area is 135 Å². The van der Waals surface area contributed by atoms with E-state index in [1.54, 1.807) is 12.1 Å². The lowest BCUT2D eigenvalue weighted by Gasteiger charge is -2.18. The minimum absolute atomic E-state index is 0.236. The molecule has 2 aromatic carbocycles. The van der Waals surface area contributed by atoms with E-state index in [1.165, 1.54) is 11.6 Å². The molecular weight excluding hydrogens is 308 g/mol. The van der Waals surface area contributed by atoms with Crippen molar-refractivity contribution in [1.29, 1.82) is 0 Å². The summed E-state index contributed by atoms with van der Waals surface area (Å²) in [6, 6.07) is 12.6. The highest BCUT2D eigenvalue weighted by Gasteiger charge is 2.15. The SMILES string of the molecule is CNCC(Cc1ccc(Cl)cc1)Cc1c(F)cccc1Cl. The quantitative estimate of drug-likeness (QED) is 0.807. The lowest BCUT2D eigenvalue weighted by molar-refractivity contribution is 0.480. The van der Waals surface area contributed by atoms with E-state index < -0.39 is 0 Å². The maximum Gasteiger partial charge on any atom is 0.127 e. The molecular formula is C17H18Cl2FN. The molecule has 112 valence electrons. The van der Waals surface area contributed by atoms with Gasteiger partial charge in [0, 0.05) is 15.6 Å². The monoisotopic (exact) mass is 325 g/mol. The molecule has 1 atom stereocenters. The largest absolute Gasteiger partial charge is 0.319 e. The van der Waals surface area contributed by atoms with E-state index in [0.29, 0.717) is 17.0 Å². The minimum atomic E-state index is -0.236. The molecule has 1 unspecified atom stereocenters. The van der Waals surface area contributed by atoms with Gasteiger partial charge in [-0.3, -0.25) is 0 Å². The number of halogens is 3. The fourth-order valence-electron chi connectivity index (χ4n) is 2.48. The van der Waals surface area contributed by atoms with Crippen LogP contribution in [0.5, 0.6) is 0 Å². The van der Waals surface area contributed by atoms with Crippen molar-refractivity contribution < 1.29 is 4.39 Å². The second kappa shape index (κ2) is 7.79. The highest BCUT2D eigenvalue weighted by Crippen LogP contribution is 2.24. The van der Waals surface area contributed by atoms with Gasteiger partial charge in [-0.25, -0.2) is 4.39 Å². The third kappa shape index (κ3) is 4.70. The Balaban J connectivity index is 2.13. The van der Waals surface area contributed by atoms with Crippen LogP contribution < -0.4 is 5.32 Å². The number of nitrogens with one attached hydrogen (secondary N) is 1. The van der Waals surface area contributed by atoms with E-state index in [1.807, 2.05) is 31.3 Å². The number of rotatable bonds is 6. The van der Waals surface area contributed by atoms with Crippen LogP contribution in [0.2, 0.25) is 10.0 Å². The van der Waals surface area contributed by atoms with Gasteiger partial charge in [0.2, 0.25) is 0 Å². The van der Waals surface area contributed by atoms with Crippen molar-refractivity contribution in [1.82, 2.24) is 5.32 Å². The molecule has 1 N–H and O–H groups in total. The average Bonchev–Trinajstić information content (AvgIpc) is 2.45. The first kappa shape index (κ1) is 16.3. The highest BCUT2D eigenvalue weighted by molar-refractivity contribution is 6.31. The zero-order valence-electron chi connectivity index (χ0n) is 11.9. The molecule has 0 aliphatic rings. The molecule has 1 nitrogen and oxygen atoms in total. The fraction of sp³-hybridized carbons (Fsp3) is 0.294. The summed E-state index contributed by atoms with van der Waals surface area (Å²) in [6.45, 7) is 0.799. The summed E-state index contributed by atoms with van der Waals surface area (Å²) >= 11 is 12.0. The maximum atomic E-state index is 13.9. The van der Waals surface area contributed by atoms with Crippen molar-refractivity contribution in [2.24, 2.45) is 5.92 Å². The molecule has 21 heavy (non-hydrogen) atoms. The van der Waals surface area contributed by atoms with Crippen molar-refractivity contribution >= 4 is 23.2 Å². The molecule has 0 amide bonds. The van der Waals surface area contributed by atoms with Crippen molar-refractivity contribution in [3.63, 3.8) is 0 Å². The Hall–Kier alpha value is -1.09. The molecule has 0 aromatic heterocycles. The first-order chi connectivity index (χ1) is 10.1. The lowest BCUT2D eigenvalue weighted by atomic mass is 9.92. The second-order valence-corrected chi connectivity index (χ2v) is 6.00. The van der Waals surface area contributed by atoms with Crippen LogP contribution >= 0.6 is 23.2 Å². The minimum Gasteiger partial charge on any atom is -0.319 e. The molecule has 0 aliphatic heterocycles. The average molecular weight is 326 g/mol. The normalized spacial score (nSPS) is 12.4. The van der Waals surface area contributed by atoms with Crippen LogP contribution in [-0.2, 0) is 12.8 Å². The summed E-state index contributed by atoms with van der Waals surface area (Å²) in [5.41, 5.74) is 1.78. The molecule has 0 saturated heterocycles. The van der Waals surface area contributed by atoms with Gasteiger partial charge in [0.25, 0.3) is 0 Å². The highest BCUT2D eigenvalue weighted by atomic mass is 35.5. The molecule has 0 saturated carbocycles. The van der Waals surface area contributed by atoms with Crippen LogP contribution in [0.3, 0.4) is 0 Å². The van der Waals surface area contributed by atoms with Crippen LogP contribution in [0.15, 0.2) is 42.5 Å². The third-order valence-electron chi connectivity index (χ3n) is 3.48. The van der Waals surface area contributed by atoms with Gasteiger partial charge < -0.3 is 5.32 Å². The predicted octanol–water partition coefficient (Wildman–Crippen LogP) is 4.75. The van der Waals surface area contributed by atoms with E-state index in [9.17, 15) is 4.39 Å². The fourth-order valence-corrected chi connectivity index (χ4v) is 2.84. The first-order valence-corrected chi connectivity index (χ1v) is 7.67. The van der Waals surface area contributed by atoms with E-state index in [2.05, 4.69) is 5.32 Å². The van der Waals surface area contributed by atoms with Crippen molar-refractivity contribution in [2.75, 3.05) is 13.6 Å². The number of hydrogen-bond donors (Lipinski definition) is 1. The lowest BCUT2D eigenvalue weighted by Crippen LogP contribution is -2.23. The molecule has 0 radical (unpaired) electrons. The third-order valence-corrected chi connectivity index (χ3v) is 4.09. The smallest absolute Gasteiger partial charge is 0.127 e. The van der Waals surface area contributed by atoms with Gasteiger partial charge in [0.1, 0.15) is 5.82 Å². The Morgan fingerprint density at radius 1 is 1.05 bits per heavy atom. The van der Waals surface area contributed by atoms with Crippen molar-refractivity contribution in [3.05, 3.63) is 69.5 Å². The van der Waals surface area contributed by atoms with Gasteiger partial charge in [-0.15, -0.1) is 0 Å². The molecule has 2 rings (SSSR count). The Morgan fingerprint density at radius 2 is 1.76 bits per heavy atom. The van der Waals surface area contributed by atoms with Gasteiger partial charge >= 0.3 is 0 Å². The van der Waals surface area contributed by atoms with Crippen molar-refractivity contribution in [2.45, 2.75) is 12.8 Å². The van der Waals surface area contributed by atoms with Crippen LogP contribution in [0.4, 0.5) is 4.39 Å². The van der Waals surface area contributed by atoms with E-state index in [-0.39, 0.29) is 11.7 Å². The Bertz CT molecular complexity index is 564. The van der Waals surface area contributed by atoms with Crippen LogP contribution in [0.25, 0.3) is 0 Å². The van der Waals surface area contributed by atoms with Gasteiger partial charge in [-0.2, -0.15) is 0 Å². The molecule has 0 bridgehead atoms. The standard InChI is InChI=1S/C17H18Cl2FN/c1-21-11-13(9-12-5-7-14(18)8-6-12)10-15-16(19)3-2-4-17(15)20/h2-8,13,21H,9-11H2,1H3. The number of hydrogen-bond acceptors (Lipinski definition) is 1. The second-order valence-electron chi connectivity index (χ2n) is 5.16. The van der Waals surface area contributed by atoms with Gasteiger partial charge in [-0.05, 0) is 62.2 Å². The topological polar surface area (TPSA) is 12.0 Å². The molecule has 0 fully saturated rings. The van der Waals surface area contributed by atoms with E-state index in [4.69, 9.17) is 23.2 Å². The Kier molecular flexibility index (Phi) is 6.04. The van der Waals surface area contributed by atoms with Crippen LogP contribution in [0.1, 0.15) is 11.1 Å². The van der Waals surface area contributed by atoms with Crippen molar-refractivity contribution in [3.8, 4) is 0 Å². The van der Waals surface area contributed by atoms with E-state index >= 15 is 0 Å². The Morgan fingerprint density at radius 3 is 2.38 bits per heavy atom. The summed E-state index contributed by atoms with van der Waals surface area (Å²) in [5, 5.41) is 4.38. The zero-order chi connectivity index (χ0) is 15.2. The van der Waals surface area contributed by atoms with Gasteiger partial charge in [0.15, 0.2) is 0 Å². The first-order valence-electron chi connectivity index (χ1n) is 6.92. The molecule has 0 heterocycles. The zero-order valence-corrected chi connectivity index (χ0v) is 13.4. The predicted molar refractivity (Wildman–Crippen MR) is 87.7 cm³/mol. The summed E-state index contributed by atoms with van der Waals surface area (Å²) in [6.07, 6.45) is 1.46. The molecule has 2 aromatic rings. The summed E-state index contributed by atoms with van der Waals surface area (Å²) < 4.78 is 13.9. The van der Waals surface area contributed by atoms with Crippen LogP contribution in [-0.4, -0.2) is 13.6 Å². The van der Waals surface area contributed by atoms with Gasteiger partial charge in [0.05, 0.1) is 0 Å². The summed E-state index contributed by atoms with van der Waals surface area (Å²) in [4.78, 5) is 0. The molecule has 0 spiro atoms. The van der Waals surface area contributed by atoms with E-state index in [0.717, 1.165) is 18.0 Å². The maximum absolute atomic E-state index is 13.9. The molecule has 0 aliphatic carbocycles. The summed E-state index contributed by atoms with van der Waals surface area (Å²) in [5.74, 6) is 0.0327. The van der Waals surface area contributed by atoms with Gasteiger partial charge in [-0.1, -0.05) is 41.4 Å².